The highest BCUT2D eigenvalue weighted by molar-refractivity contribution is 5.89. The fourth-order valence-corrected chi connectivity index (χ4v) is 4.74. The van der Waals surface area contributed by atoms with Crippen molar-refractivity contribution in [3.8, 4) is 22.5 Å². The van der Waals surface area contributed by atoms with Gasteiger partial charge in [-0.2, -0.15) is 5.10 Å². The van der Waals surface area contributed by atoms with Crippen LogP contribution in [0.5, 0.6) is 0 Å². The lowest BCUT2D eigenvalue weighted by Crippen LogP contribution is -2.44. The zero-order valence-corrected chi connectivity index (χ0v) is 20.6. The maximum atomic E-state index is 4.68. The van der Waals surface area contributed by atoms with Gasteiger partial charge in [-0.15, -0.1) is 0 Å². The van der Waals surface area contributed by atoms with E-state index in [-0.39, 0.29) is 0 Å². The van der Waals surface area contributed by atoms with Crippen molar-refractivity contribution in [2.45, 2.75) is 6.92 Å². The number of aromatic nitrogens is 4. The number of nitrogens with zero attached hydrogens (tertiary/aromatic N) is 5. The van der Waals surface area contributed by atoms with Gasteiger partial charge in [-0.3, -0.25) is 15.1 Å². The number of H-pyrrole nitrogens is 1. The topological polar surface area (TPSA) is 73.0 Å². The van der Waals surface area contributed by atoms with Gasteiger partial charge in [0.05, 0.1) is 35.0 Å². The monoisotopic (exact) mass is 475 g/mol. The van der Waals surface area contributed by atoms with Crippen LogP contribution in [0.25, 0.3) is 33.4 Å². The first-order valence-electron chi connectivity index (χ1n) is 12.3. The van der Waals surface area contributed by atoms with E-state index < -0.39 is 0 Å². The molecule has 7 heteroatoms. The second-order valence-corrected chi connectivity index (χ2v) is 9.42. The van der Waals surface area contributed by atoms with Gasteiger partial charge in [0, 0.05) is 54.2 Å². The molecule has 180 valence electrons. The Balaban J connectivity index is 1.24. The summed E-state index contributed by atoms with van der Waals surface area (Å²) in [4.78, 5) is 14.2. The van der Waals surface area contributed by atoms with Gasteiger partial charge in [-0.25, -0.2) is 0 Å². The molecule has 1 aliphatic rings. The number of nitrogens with one attached hydrogen (secondary N) is 2. The number of likely N-dealkylation sites (N-methyl/N-ethyl adjacent to an activating group) is 1. The lowest BCUT2D eigenvalue weighted by Gasteiger charge is -2.34. The number of pyridine rings is 2. The van der Waals surface area contributed by atoms with Gasteiger partial charge < -0.3 is 15.1 Å². The lowest BCUT2D eigenvalue weighted by molar-refractivity contribution is 0.313. The average Bonchev–Trinajstić information content (AvgIpc) is 3.40. The summed E-state index contributed by atoms with van der Waals surface area (Å²) in [7, 11) is 2.18. The van der Waals surface area contributed by atoms with E-state index in [1.54, 1.807) is 0 Å². The predicted octanol–water partition coefficient (Wildman–Crippen LogP) is 5.49. The molecule has 2 N–H and O–H groups in total. The summed E-state index contributed by atoms with van der Waals surface area (Å²) in [5, 5.41) is 12.0. The molecule has 0 aliphatic carbocycles. The van der Waals surface area contributed by atoms with Gasteiger partial charge in [-0.1, -0.05) is 12.1 Å². The smallest absolute Gasteiger partial charge is 0.0912 e. The van der Waals surface area contributed by atoms with Crippen LogP contribution in [0, 0.1) is 6.92 Å². The SMILES string of the molecule is Cc1cccc(-c2[nH]ncc2-c2ccc3ncc(Nc4ccc(N5CCN(C)CC5)cc4)cc3c2)n1. The molecule has 1 saturated heterocycles. The van der Waals surface area contributed by atoms with Gasteiger partial charge >= 0.3 is 0 Å². The summed E-state index contributed by atoms with van der Waals surface area (Å²) in [6.07, 6.45) is 3.74. The number of anilines is 3. The van der Waals surface area contributed by atoms with Crippen molar-refractivity contribution in [2.24, 2.45) is 0 Å². The van der Waals surface area contributed by atoms with E-state index in [2.05, 4.69) is 90.9 Å². The van der Waals surface area contributed by atoms with E-state index in [1.165, 1.54) is 5.69 Å². The van der Waals surface area contributed by atoms with E-state index in [1.807, 2.05) is 37.5 Å². The summed E-state index contributed by atoms with van der Waals surface area (Å²) in [6.45, 7) is 6.34. The molecule has 5 aromatic rings. The number of benzene rings is 2. The molecular weight excluding hydrogens is 446 g/mol. The van der Waals surface area contributed by atoms with E-state index in [0.717, 1.165) is 76.7 Å². The summed E-state index contributed by atoms with van der Waals surface area (Å²) >= 11 is 0. The number of aromatic amines is 1. The van der Waals surface area contributed by atoms with Crippen LogP contribution in [0.3, 0.4) is 0 Å². The molecule has 2 aromatic carbocycles. The van der Waals surface area contributed by atoms with Crippen LogP contribution in [0.4, 0.5) is 17.1 Å². The first-order chi connectivity index (χ1) is 17.6. The van der Waals surface area contributed by atoms with Crippen LogP contribution in [-0.4, -0.2) is 58.3 Å². The molecule has 4 heterocycles. The number of fused-ring (bicyclic) bond motifs is 1. The van der Waals surface area contributed by atoms with Crippen LogP contribution >= 0.6 is 0 Å². The van der Waals surface area contributed by atoms with Crippen molar-refractivity contribution in [3.63, 3.8) is 0 Å². The van der Waals surface area contributed by atoms with Gasteiger partial charge in [0.1, 0.15) is 0 Å². The Labute approximate surface area is 210 Å². The van der Waals surface area contributed by atoms with Crippen LogP contribution < -0.4 is 10.2 Å². The Morgan fingerprint density at radius 3 is 2.50 bits per heavy atom. The highest BCUT2D eigenvalue weighted by Crippen LogP contribution is 2.32. The highest BCUT2D eigenvalue weighted by Gasteiger charge is 2.14. The van der Waals surface area contributed by atoms with Gasteiger partial charge in [0.15, 0.2) is 0 Å². The lowest BCUT2D eigenvalue weighted by atomic mass is 10.0. The zero-order chi connectivity index (χ0) is 24.5. The Bertz CT molecular complexity index is 1500. The van der Waals surface area contributed by atoms with Gasteiger partial charge in [0.25, 0.3) is 0 Å². The standard InChI is InChI=1S/C29H29N7/c1-20-4-3-5-28(32-20)29-26(19-31-34-29)21-6-11-27-22(16-21)17-24(18-30-27)33-23-7-9-25(10-8-23)36-14-12-35(2)13-15-36/h3-11,16-19,33H,12-15H2,1-2H3,(H,31,34). The molecule has 1 fully saturated rings. The molecule has 0 unspecified atom stereocenters. The molecule has 7 nitrogen and oxygen atoms in total. The molecule has 0 saturated carbocycles. The minimum Gasteiger partial charge on any atom is -0.369 e. The minimum absolute atomic E-state index is 0.885. The Morgan fingerprint density at radius 2 is 1.69 bits per heavy atom. The number of aryl methyl sites for hydroxylation is 1. The molecule has 1 aliphatic heterocycles. The van der Waals surface area contributed by atoms with E-state index in [4.69, 9.17) is 0 Å². The fourth-order valence-electron chi connectivity index (χ4n) is 4.74. The van der Waals surface area contributed by atoms with Gasteiger partial charge in [-0.05, 0) is 74.1 Å². The summed E-state index contributed by atoms with van der Waals surface area (Å²) in [6, 6.07) is 23.1. The number of hydrogen-bond donors (Lipinski definition) is 2. The first-order valence-corrected chi connectivity index (χ1v) is 12.3. The molecule has 36 heavy (non-hydrogen) atoms. The number of hydrogen-bond acceptors (Lipinski definition) is 6. The first kappa shape index (κ1) is 22.2. The summed E-state index contributed by atoms with van der Waals surface area (Å²) in [5.41, 5.74) is 9.10. The number of piperazine rings is 1. The molecule has 0 spiro atoms. The van der Waals surface area contributed by atoms with Crippen molar-refractivity contribution in [1.82, 2.24) is 25.1 Å². The summed E-state index contributed by atoms with van der Waals surface area (Å²) in [5.74, 6) is 0. The van der Waals surface area contributed by atoms with E-state index in [0.29, 0.717) is 0 Å². The maximum Gasteiger partial charge on any atom is 0.0912 e. The molecule has 0 amide bonds. The van der Waals surface area contributed by atoms with Crippen LogP contribution in [0.1, 0.15) is 5.69 Å². The van der Waals surface area contributed by atoms with Crippen LogP contribution in [0.15, 0.2) is 79.1 Å². The maximum absolute atomic E-state index is 4.68. The van der Waals surface area contributed by atoms with Gasteiger partial charge in [0.2, 0.25) is 0 Å². The highest BCUT2D eigenvalue weighted by atomic mass is 15.2. The van der Waals surface area contributed by atoms with E-state index >= 15 is 0 Å². The Kier molecular flexibility index (Phi) is 5.83. The third-order valence-electron chi connectivity index (χ3n) is 6.80. The van der Waals surface area contributed by atoms with Crippen LogP contribution in [-0.2, 0) is 0 Å². The summed E-state index contributed by atoms with van der Waals surface area (Å²) < 4.78 is 0. The number of rotatable bonds is 5. The van der Waals surface area contributed by atoms with Crippen molar-refractivity contribution in [2.75, 3.05) is 43.4 Å². The predicted molar refractivity (Wildman–Crippen MR) is 147 cm³/mol. The second kappa shape index (κ2) is 9.43. The average molecular weight is 476 g/mol. The van der Waals surface area contributed by atoms with Crippen molar-refractivity contribution >= 4 is 28.0 Å². The zero-order valence-electron chi connectivity index (χ0n) is 20.6. The van der Waals surface area contributed by atoms with E-state index in [9.17, 15) is 0 Å². The van der Waals surface area contributed by atoms with Crippen molar-refractivity contribution in [3.05, 3.63) is 84.8 Å². The third-order valence-corrected chi connectivity index (χ3v) is 6.80. The third kappa shape index (κ3) is 4.53. The molecule has 0 radical (unpaired) electrons. The van der Waals surface area contributed by atoms with Crippen molar-refractivity contribution in [1.29, 1.82) is 0 Å². The largest absolute Gasteiger partial charge is 0.369 e. The Morgan fingerprint density at radius 1 is 0.861 bits per heavy atom. The fraction of sp³-hybridized carbons (Fsp3) is 0.207. The minimum atomic E-state index is 0.885. The molecule has 0 bridgehead atoms. The second-order valence-electron chi connectivity index (χ2n) is 9.42. The molecule has 0 atom stereocenters. The molecule has 3 aromatic heterocycles. The normalized spacial score (nSPS) is 14.3. The van der Waals surface area contributed by atoms with Crippen molar-refractivity contribution < 1.29 is 0 Å². The molecular formula is C29H29N7. The Hall–Kier alpha value is -4.23. The quantitative estimate of drug-likeness (QED) is 0.350. The van der Waals surface area contributed by atoms with Crippen LogP contribution in [0.2, 0.25) is 0 Å². The molecule has 6 rings (SSSR count).